The number of rotatable bonds is 8. The van der Waals surface area contributed by atoms with Crippen molar-refractivity contribution in [3.63, 3.8) is 0 Å². The maximum Gasteiger partial charge on any atom is 0.273 e. The molecule has 0 bridgehead atoms. The van der Waals surface area contributed by atoms with E-state index in [4.69, 9.17) is 4.74 Å². The molecule has 1 aromatic heterocycles. The van der Waals surface area contributed by atoms with Crippen LogP contribution in [-0.2, 0) is 0 Å². The van der Waals surface area contributed by atoms with Crippen LogP contribution in [0.1, 0.15) is 10.5 Å². The Bertz CT molecular complexity index is 669. The van der Waals surface area contributed by atoms with Crippen molar-refractivity contribution in [2.24, 2.45) is 0 Å². The van der Waals surface area contributed by atoms with Gasteiger partial charge in [0.1, 0.15) is 11.4 Å². The number of ether oxygens (including phenoxy) is 1. The van der Waals surface area contributed by atoms with Crippen molar-refractivity contribution < 1.29 is 9.53 Å². The summed E-state index contributed by atoms with van der Waals surface area (Å²) in [6.45, 7) is 8.25. The van der Waals surface area contributed by atoms with E-state index in [0.29, 0.717) is 23.9 Å². The van der Waals surface area contributed by atoms with E-state index in [9.17, 15) is 4.79 Å². The first-order valence-corrected chi connectivity index (χ1v) is 7.93. The molecule has 0 unspecified atom stereocenters. The molecule has 0 saturated heterocycles. The zero-order valence-corrected chi connectivity index (χ0v) is 13.8. The summed E-state index contributed by atoms with van der Waals surface area (Å²) in [5.74, 6) is 0.652. The summed E-state index contributed by atoms with van der Waals surface area (Å²) < 4.78 is 5.12. The minimum Gasteiger partial charge on any atom is -0.497 e. The van der Waals surface area contributed by atoms with Crippen LogP contribution in [0, 0.1) is 0 Å². The van der Waals surface area contributed by atoms with E-state index in [1.165, 1.54) is 11.3 Å². The third-order valence-electron chi connectivity index (χ3n) is 3.05. The number of hydrogen-bond acceptors (Lipinski definition) is 5. The number of aromatic nitrogens is 1. The lowest BCUT2D eigenvalue weighted by Gasteiger charge is -2.17. The van der Waals surface area contributed by atoms with Gasteiger partial charge in [0.2, 0.25) is 0 Å². The van der Waals surface area contributed by atoms with Gasteiger partial charge in [0.25, 0.3) is 5.91 Å². The Morgan fingerprint density at radius 3 is 2.52 bits per heavy atom. The van der Waals surface area contributed by atoms with Gasteiger partial charge in [-0.15, -0.1) is 24.5 Å². The number of anilines is 2. The van der Waals surface area contributed by atoms with E-state index in [-0.39, 0.29) is 5.91 Å². The second-order valence-corrected chi connectivity index (χ2v) is 5.54. The van der Waals surface area contributed by atoms with Crippen molar-refractivity contribution in [2.45, 2.75) is 0 Å². The normalized spacial score (nSPS) is 9.96. The second kappa shape index (κ2) is 8.14. The highest BCUT2D eigenvalue weighted by atomic mass is 32.1. The number of nitrogens with one attached hydrogen (secondary N) is 1. The Balaban J connectivity index is 2.07. The van der Waals surface area contributed by atoms with E-state index in [1.54, 1.807) is 29.5 Å². The summed E-state index contributed by atoms with van der Waals surface area (Å²) in [6.07, 6.45) is 3.37. The summed E-state index contributed by atoms with van der Waals surface area (Å²) in [7, 11) is 1.62. The molecule has 0 aliphatic carbocycles. The number of amides is 1. The van der Waals surface area contributed by atoms with Crippen LogP contribution in [0.3, 0.4) is 0 Å². The Morgan fingerprint density at radius 2 is 1.96 bits per heavy atom. The van der Waals surface area contributed by atoms with Gasteiger partial charge in [-0.2, -0.15) is 0 Å². The van der Waals surface area contributed by atoms with Crippen LogP contribution < -0.4 is 10.1 Å². The lowest BCUT2D eigenvalue weighted by molar-refractivity contribution is 0.0786. The van der Waals surface area contributed by atoms with Crippen LogP contribution in [-0.4, -0.2) is 36.0 Å². The number of thiazole rings is 1. The molecule has 0 aliphatic rings. The van der Waals surface area contributed by atoms with Crippen molar-refractivity contribution in [2.75, 3.05) is 25.5 Å². The fraction of sp³-hybridized carbons (Fsp3) is 0.176. The maximum absolute atomic E-state index is 12.4. The van der Waals surface area contributed by atoms with E-state index in [2.05, 4.69) is 23.5 Å². The molecule has 1 amide bonds. The molecule has 0 aliphatic heterocycles. The SMILES string of the molecule is C=CCN(CC=C)C(=O)c1csc(Nc2ccc(OC)cc2)n1. The van der Waals surface area contributed by atoms with Crippen molar-refractivity contribution in [1.29, 1.82) is 0 Å². The molecule has 0 radical (unpaired) electrons. The van der Waals surface area contributed by atoms with Gasteiger partial charge in [0.05, 0.1) is 7.11 Å². The second-order valence-electron chi connectivity index (χ2n) is 4.68. The van der Waals surface area contributed by atoms with Gasteiger partial charge in [-0.1, -0.05) is 12.2 Å². The number of nitrogens with zero attached hydrogens (tertiary/aromatic N) is 2. The molecule has 1 aromatic carbocycles. The third-order valence-corrected chi connectivity index (χ3v) is 3.81. The average Bonchev–Trinajstić information content (AvgIpc) is 3.03. The standard InChI is InChI=1S/C17H19N3O2S/c1-4-10-20(11-5-2)16(21)15-12-23-17(19-15)18-13-6-8-14(22-3)9-7-13/h4-9,12H,1-2,10-11H2,3H3,(H,18,19). The van der Waals surface area contributed by atoms with Gasteiger partial charge in [-0.25, -0.2) is 4.98 Å². The highest BCUT2D eigenvalue weighted by molar-refractivity contribution is 7.14. The van der Waals surface area contributed by atoms with Gasteiger partial charge in [-0.05, 0) is 24.3 Å². The number of benzene rings is 1. The molecule has 120 valence electrons. The summed E-state index contributed by atoms with van der Waals surface area (Å²) in [6, 6.07) is 7.50. The first-order chi connectivity index (χ1) is 11.2. The molecule has 0 fully saturated rings. The van der Waals surface area contributed by atoms with Gasteiger partial charge in [0.15, 0.2) is 5.13 Å². The van der Waals surface area contributed by atoms with Gasteiger partial charge in [-0.3, -0.25) is 4.79 Å². The number of hydrogen-bond donors (Lipinski definition) is 1. The predicted octanol–water partition coefficient (Wildman–Crippen LogP) is 3.71. The summed E-state index contributed by atoms with van der Waals surface area (Å²) in [4.78, 5) is 18.4. The molecule has 6 heteroatoms. The van der Waals surface area contributed by atoms with Crippen molar-refractivity contribution in [3.05, 3.63) is 60.6 Å². The molecule has 0 atom stereocenters. The minimum absolute atomic E-state index is 0.135. The Kier molecular flexibility index (Phi) is 5.94. The Morgan fingerprint density at radius 1 is 1.30 bits per heavy atom. The van der Waals surface area contributed by atoms with Crippen LogP contribution in [0.25, 0.3) is 0 Å². The molecular formula is C17H19N3O2S. The first-order valence-electron chi connectivity index (χ1n) is 7.05. The topological polar surface area (TPSA) is 54.5 Å². The summed E-state index contributed by atoms with van der Waals surface area (Å²) in [5, 5.41) is 5.58. The van der Waals surface area contributed by atoms with E-state index < -0.39 is 0 Å². The molecule has 0 saturated carbocycles. The zero-order valence-electron chi connectivity index (χ0n) is 13.0. The van der Waals surface area contributed by atoms with Crippen LogP contribution in [0.5, 0.6) is 5.75 Å². The molecule has 2 aromatic rings. The van der Waals surface area contributed by atoms with Crippen molar-refractivity contribution >= 4 is 28.1 Å². The molecule has 5 nitrogen and oxygen atoms in total. The molecule has 2 rings (SSSR count). The van der Waals surface area contributed by atoms with E-state index in [1.807, 2.05) is 24.3 Å². The number of carbonyl (C=O) groups is 1. The van der Waals surface area contributed by atoms with Gasteiger partial charge in [0, 0.05) is 24.2 Å². The zero-order chi connectivity index (χ0) is 16.7. The van der Waals surface area contributed by atoms with Crippen LogP contribution >= 0.6 is 11.3 Å². The first kappa shape index (κ1) is 16.8. The molecule has 23 heavy (non-hydrogen) atoms. The number of carbonyl (C=O) groups excluding carboxylic acids is 1. The van der Waals surface area contributed by atoms with E-state index >= 15 is 0 Å². The van der Waals surface area contributed by atoms with Crippen molar-refractivity contribution in [1.82, 2.24) is 9.88 Å². The van der Waals surface area contributed by atoms with E-state index in [0.717, 1.165) is 11.4 Å². The van der Waals surface area contributed by atoms with Gasteiger partial charge >= 0.3 is 0 Å². The Hall–Kier alpha value is -2.60. The predicted molar refractivity (Wildman–Crippen MR) is 94.7 cm³/mol. The monoisotopic (exact) mass is 329 g/mol. The largest absolute Gasteiger partial charge is 0.497 e. The molecule has 1 heterocycles. The number of methoxy groups -OCH3 is 1. The highest BCUT2D eigenvalue weighted by Crippen LogP contribution is 2.23. The maximum atomic E-state index is 12.4. The smallest absolute Gasteiger partial charge is 0.273 e. The van der Waals surface area contributed by atoms with Crippen LogP contribution in [0.4, 0.5) is 10.8 Å². The summed E-state index contributed by atoms with van der Waals surface area (Å²) >= 11 is 1.38. The summed E-state index contributed by atoms with van der Waals surface area (Å²) in [5.41, 5.74) is 1.29. The average molecular weight is 329 g/mol. The fourth-order valence-electron chi connectivity index (χ4n) is 1.94. The van der Waals surface area contributed by atoms with Crippen LogP contribution in [0.2, 0.25) is 0 Å². The highest BCUT2D eigenvalue weighted by Gasteiger charge is 2.16. The minimum atomic E-state index is -0.135. The quantitative estimate of drug-likeness (QED) is 0.750. The molecule has 1 N–H and O–H groups in total. The third kappa shape index (κ3) is 4.43. The fourth-order valence-corrected chi connectivity index (χ4v) is 2.65. The molecular weight excluding hydrogens is 310 g/mol. The molecule has 0 spiro atoms. The van der Waals surface area contributed by atoms with Crippen LogP contribution in [0.15, 0.2) is 55.0 Å². The lowest BCUT2D eigenvalue weighted by atomic mass is 10.3. The van der Waals surface area contributed by atoms with Crippen molar-refractivity contribution in [3.8, 4) is 5.75 Å². The lowest BCUT2D eigenvalue weighted by Crippen LogP contribution is -2.31. The Labute approximate surface area is 139 Å². The van der Waals surface area contributed by atoms with Gasteiger partial charge < -0.3 is 15.0 Å².